The molecule has 0 aromatic rings. The molecule has 0 aliphatic carbocycles. The second-order valence-electron chi connectivity index (χ2n) is 1.74. The lowest BCUT2D eigenvalue weighted by Gasteiger charge is -2.12. The number of hydrogen-bond acceptors (Lipinski definition) is 1. The Labute approximate surface area is 56.0 Å². The number of ether oxygens (including phenoxy) is 1. The van der Waals surface area contributed by atoms with Crippen LogP contribution in [0.5, 0.6) is 0 Å². The summed E-state index contributed by atoms with van der Waals surface area (Å²) in [6.45, 7) is 0. The molecule has 0 spiro atoms. The molecule has 0 aliphatic rings. The first-order valence-corrected chi connectivity index (χ1v) is 2.67. The summed E-state index contributed by atoms with van der Waals surface area (Å²) in [6.07, 6.45) is -8.12. The van der Waals surface area contributed by atoms with Crippen LogP contribution in [0.15, 0.2) is 0 Å². The fourth-order valence-electron chi connectivity index (χ4n) is 0.478. The van der Waals surface area contributed by atoms with E-state index in [1.54, 1.807) is 0 Å². The smallest absolute Gasteiger partial charge is 0.264 e. The van der Waals surface area contributed by atoms with Crippen LogP contribution >= 0.6 is 0 Å². The van der Waals surface area contributed by atoms with Crippen LogP contribution in [-0.2, 0) is 4.74 Å². The lowest BCUT2D eigenvalue weighted by molar-refractivity contribution is -0.0614. The minimum atomic E-state index is -2.83. The zero-order valence-corrected chi connectivity index (χ0v) is 5.36. The Morgan fingerprint density at radius 3 is 1.80 bits per heavy atom. The maximum absolute atomic E-state index is 11.6. The predicted molar refractivity (Wildman–Crippen MR) is 27.4 cm³/mol. The van der Waals surface area contributed by atoms with Crippen LogP contribution in [0.25, 0.3) is 0 Å². The van der Waals surface area contributed by atoms with E-state index in [2.05, 4.69) is 4.74 Å². The van der Waals surface area contributed by atoms with Gasteiger partial charge in [-0.25, -0.2) is 17.6 Å². The van der Waals surface area contributed by atoms with Crippen molar-refractivity contribution < 1.29 is 22.3 Å². The normalized spacial score (nSPS) is 14.7. The van der Waals surface area contributed by atoms with Gasteiger partial charge < -0.3 is 4.74 Å². The van der Waals surface area contributed by atoms with Crippen LogP contribution < -0.4 is 0 Å². The largest absolute Gasteiger partial charge is 0.375 e. The molecule has 0 heterocycles. The van der Waals surface area contributed by atoms with Crippen molar-refractivity contribution in [3.05, 3.63) is 0 Å². The number of methoxy groups -OCH3 is 1. The maximum Gasteiger partial charge on any atom is 0.264 e. The van der Waals surface area contributed by atoms with Crippen molar-refractivity contribution in [2.45, 2.75) is 25.4 Å². The summed E-state index contributed by atoms with van der Waals surface area (Å²) in [5.74, 6) is 0. The average Bonchev–Trinajstić information content (AvgIpc) is 1.81. The third-order valence-corrected chi connectivity index (χ3v) is 0.994. The van der Waals surface area contributed by atoms with Gasteiger partial charge in [0.15, 0.2) is 0 Å². The van der Waals surface area contributed by atoms with Crippen molar-refractivity contribution in [1.29, 1.82) is 0 Å². The molecule has 0 saturated carbocycles. The molecule has 0 amide bonds. The first kappa shape index (κ1) is 9.68. The van der Waals surface area contributed by atoms with E-state index in [0.717, 1.165) is 7.11 Å². The molecular formula is C5H8F4O. The Hall–Kier alpha value is -0.320. The Morgan fingerprint density at radius 1 is 1.20 bits per heavy atom. The Morgan fingerprint density at radius 2 is 1.70 bits per heavy atom. The summed E-state index contributed by atoms with van der Waals surface area (Å²) < 4.78 is 50.1. The lowest BCUT2D eigenvalue weighted by atomic mass is 10.3. The highest BCUT2D eigenvalue weighted by atomic mass is 19.3. The summed E-state index contributed by atoms with van der Waals surface area (Å²) in [5.41, 5.74) is 0. The summed E-state index contributed by atoms with van der Waals surface area (Å²) in [7, 11) is 0.985. The van der Waals surface area contributed by atoms with E-state index in [1.807, 2.05) is 0 Å². The number of alkyl halides is 4. The van der Waals surface area contributed by atoms with Crippen molar-refractivity contribution in [3.63, 3.8) is 0 Å². The van der Waals surface area contributed by atoms with Crippen LogP contribution in [0.3, 0.4) is 0 Å². The summed E-state index contributed by atoms with van der Waals surface area (Å²) in [4.78, 5) is 0. The molecule has 0 bridgehead atoms. The van der Waals surface area contributed by atoms with Crippen molar-refractivity contribution in [1.82, 2.24) is 0 Å². The molecule has 0 aromatic carbocycles. The molecule has 0 aromatic heterocycles. The lowest BCUT2D eigenvalue weighted by Crippen LogP contribution is -2.23. The summed E-state index contributed by atoms with van der Waals surface area (Å²) in [5, 5.41) is 0. The molecule has 62 valence electrons. The fraction of sp³-hybridized carbons (Fsp3) is 1.00. The maximum atomic E-state index is 11.6. The minimum absolute atomic E-state index is 0.909. The van der Waals surface area contributed by atoms with Gasteiger partial charge in [-0.1, -0.05) is 0 Å². The zero-order valence-electron chi connectivity index (χ0n) is 5.36. The van der Waals surface area contributed by atoms with Crippen LogP contribution in [0.2, 0.25) is 0 Å². The van der Waals surface area contributed by atoms with E-state index in [9.17, 15) is 17.6 Å². The highest BCUT2D eigenvalue weighted by Crippen LogP contribution is 2.13. The van der Waals surface area contributed by atoms with Crippen molar-refractivity contribution in [3.8, 4) is 0 Å². The molecule has 0 fully saturated rings. The molecular weight excluding hydrogens is 152 g/mol. The Bertz CT molecular complexity index is 85.7. The predicted octanol–water partition coefficient (Wildman–Crippen LogP) is 1.92. The Kier molecular flexibility index (Phi) is 4.34. The van der Waals surface area contributed by atoms with E-state index in [-0.39, 0.29) is 0 Å². The molecule has 1 atom stereocenters. The van der Waals surface area contributed by atoms with Gasteiger partial charge in [-0.05, 0) is 0 Å². The first-order valence-electron chi connectivity index (χ1n) is 2.67. The van der Waals surface area contributed by atoms with Crippen molar-refractivity contribution in [2.75, 3.05) is 7.11 Å². The Balaban J connectivity index is 3.60. The van der Waals surface area contributed by atoms with Gasteiger partial charge in [0.1, 0.15) is 6.10 Å². The molecule has 0 saturated heterocycles. The van der Waals surface area contributed by atoms with Gasteiger partial charge in [-0.15, -0.1) is 0 Å². The fourth-order valence-corrected chi connectivity index (χ4v) is 0.478. The van der Waals surface area contributed by atoms with E-state index in [1.165, 1.54) is 0 Å². The summed E-state index contributed by atoms with van der Waals surface area (Å²) in [6, 6.07) is 0. The monoisotopic (exact) mass is 160 g/mol. The van der Waals surface area contributed by atoms with Gasteiger partial charge in [0.25, 0.3) is 6.43 Å². The van der Waals surface area contributed by atoms with Crippen LogP contribution in [-0.4, -0.2) is 26.1 Å². The van der Waals surface area contributed by atoms with Crippen LogP contribution in [0.1, 0.15) is 6.42 Å². The van der Waals surface area contributed by atoms with Crippen LogP contribution in [0.4, 0.5) is 17.6 Å². The minimum Gasteiger partial charge on any atom is -0.375 e. The zero-order chi connectivity index (χ0) is 8.15. The van der Waals surface area contributed by atoms with Crippen molar-refractivity contribution >= 4 is 0 Å². The average molecular weight is 160 g/mol. The van der Waals surface area contributed by atoms with Gasteiger partial charge in [0, 0.05) is 13.5 Å². The van der Waals surface area contributed by atoms with Crippen LogP contribution in [0, 0.1) is 0 Å². The molecule has 0 N–H and O–H groups in total. The molecule has 1 unspecified atom stereocenters. The molecule has 0 aliphatic heterocycles. The SMILES string of the molecule is COC(CC(F)F)C(F)F. The van der Waals surface area contributed by atoms with E-state index in [0.29, 0.717) is 0 Å². The summed E-state index contributed by atoms with van der Waals surface area (Å²) >= 11 is 0. The van der Waals surface area contributed by atoms with E-state index < -0.39 is 25.4 Å². The standard InChI is InChI=1S/C5H8F4O/c1-10-3(5(8)9)2-4(6)7/h3-5H,2H2,1H3. The second kappa shape index (κ2) is 4.49. The van der Waals surface area contributed by atoms with E-state index in [4.69, 9.17) is 0 Å². The number of halogens is 4. The quantitative estimate of drug-likeness (QED) is 0.571. The van der Waals surface area contributed by atoms with Gasteiger partial charge in [-0.3, -0.25) is 0 Å². The molecule has 5 heteroatoms. The van der Waals surface area contributed by atoms with Gasteiger partial charge in [-0.2, -0.15) is 0 Å². The van der Waals surface area contributed by atoms with E-state index >= 15 is 0 Å². The third kappa shape index (κ3) is 3.66. The first-order chi connectivity index (χ1) is 4.57. The highest BCUT2D eigenvalue weighted by Gasteiger charge is 2.23. The number of rotatable bonds is 4. The molecule has 0 radical (unpaired) electrons. The second-order valence-corrected chi connectivity index (χ2v) is 1.74. The topological polar surface area (TPSA) is 9.23 Å². The molecule has 0 rings (SSSR count). The highest BCUT2D eigenvalue weighted by molar-refractivity contribution is 4.60. The van der Waals surface area contributed by atoms with Crippen molar-refractivity contribution in [2.24, 2.45) is 0 Å². The van der Waals surface area contributed by atoms with Gasteiger partial charge in [0.2, 0.25) is 6.43 Å². The third-order valence-electron chi connectivity index (χ3n) is 0.994. The molecule has 10 heavy (non-hydrogen) atoms. The number of hydrogen-bond donors (Lipinski definition) is 0. The van der Waals surface area contributed by atoms with Gasteiger partial charge >= 0.3 is 0 Å². The van der Waals surface area contributed by atoms with Gasteiger partial charge in [0.05, 0.1) is 0 Å². The molecule has 1 nitrogen and oxygen atoms in total.